The summed E-state index contributed by atoms with van der Waals surface area (Å²) < 4.78 is 39.8. The third-order valence-corrected chi connectivity index (χ3v) is 6.45. The molecule has 1 fully saturated rings. The van der Waals surface area contributed by atoms with E-state index in [-0.39, 0.29) is 17.1 Å². The minimum absolute atomic E-state index is 0.0295. The van der Waals surface area contributed by atoms with Crippen LogP contribution in [0, 0.1) is 5.82 Å². The molecule has 0 spiro atoms. The molecule has 148 valence electrons. The average Bonchev–Trinajstić information content (AvgIpc) is 3.18. The number of nitrogens with one attached hydrogen (secondary N) is 2. The number of rotatable bonds is 5. The second-order valence-electron chi connectivity index (χ2n) is 6.40. The first-order chi connectivity index (χ1) is 13.4. The highest BCUT2D eigenvalue weighted by Gasteiger charge is 2.35. The summed E-state index contributed by atoms with van der Waals surface area (Å²) in [6.07, 6.45) is 1.26. The van der Waals surface area contributed by atoms with Gasteiger partial charge in [-0.25, -0.2) is 12.8 Å². The van der Waals surface area contributed by atoms with Crippen molar-refractivity contribution < 1.29 is 22.4 Å². The molecule has 0 aromatic heterocycles. The van der Waals surface area contributed by atoms with Gasteiger partial charge >= 0.3 is 11.8 Å². The van der Waals surface area contributed by atoms with Crippen LogP contribution < -0.4 is 10.6 Å². The molecule has 2 amide bonds. The quantitative estimate of drug-likeness (QED) is 0.741. The van der Waals surface area contributed by atoms with Crippen LogP contribution in [-0.2, 0) is 19.6 Å². The fourth-order valence-electron chi connectivity index (χ4n) is 3.07. The molecule has 1 aliphatic rings. The highest BCUT2D eigenvalue weighted by molar-refractivity contribution is 7.89. The number of hydrogen-bond donors (Lipinski definition) is 2. The van der Waals surface area contributed by atoms with Gasteiger partial charge in [0.2, 0.25) is 10.0 Å². The Morgan fingerprint density at radius 3 is 2.39 bits per heavy atom. The Bertz CT molecular complexity index is 949. The van der Waals surface area contributed by atoms with Crippen LogP contribution in [0.25, 0.3) is 0 Å². The van der Waals surface area contributed by atoms with E-state index >= 15 is 0 Å². The van der Waals surface area contributed by atoms with Gasteiger partial charge in [-0.2, -0.15) is 4.31 Å². The maximum Gasteiger partial charge on any atom is 0.313 e. The van der Waals surface area contributed by atoms with Crippen molar-refractivity contribution in [1.29, 1.82) is 0 Å². The second-order valence-corrected chi connectivity index (χ2v) is 8.29. The summed E-state index contributed by atoms with van der Waals surface area (Å²) in [7, 11) is -3.66. The minimum atomic E-state index is -3.66. The molecule has 9 heteroatoms. The minimum Gasteiger partial charge on any atom is -0.346 e. The van der Waals surface area contributed by atoms with Gasteiger partial charge in [-0.05, 0) is 49.2 Å². The van der Waals surface area contributed by atoms with Gasteiger partial charge in [-0.15, -0.1) is 0 Å². The zero-order valence-corrected chi connectivity index (χ0v) is 15.8. The summed E-state index contributed by atoms with van der Waals surface area (Å²) in [6, 6.07) is 12.7. The summed E-state index contributed by atoms with van der Waals surface area (Å²) in [6.45, 7) is 0.390. The second kappa shape index (κ2) is 8.49. The molecule has 2 aromatic rings. The largest absolute Gasteiger partial charge is 0.346 e. The lowest BCUT2D eigenvalue weighted by Crippen LogP contribution is -2.45. The Hall–Kier alpha value is -2.78. The van der Waals surface area contributed by atoms with Gasteiger partial charge in [-0.1, -0.05) is 18.2 Å². The predicted octanol–water partition coefficient (Wildman–Crippen LogP) is 1.73. The van der Waals surface area contributed by atoms with Gasteiger partial charge in [0.25, 0.3) is 0 Å². The van der Waals surface area contributed by atoms with Crippen LogP contribution in [0.5, 0.6) is 0 Å². The standard InChI is InChI=1S/C19H20FN3O4S/c20-14-8-10-15(11-9-14)22-19(25)18(24)21-13-16-5-4-12-23(16)28(26,27)17-6-2-1-3-7-17/h1-3,6-11,16H,4-5,12-13H2,(H,21,24)(H,22,25). The average molecular weight is 405 g/mol. The van der Waals surface area contributed by atoms with Gasteiger partial charge in [0.15, 0.2) is 0 Å². The molecule has 3 rings (SSSR count). The van der Waals surface area contributed by atoms with Gasteiger partial charge < -0.3 is 10.6 Å². The first-order valence-electron chi connectivity index (χ1n) is 8.79. The van der Waals surface area contributed by atoms with Crippen LogP contribution in [0.2, 0.25) is 0 Å². The first-order valence-corrected chi connectivity index (χ1v) is 10.2. The molecule has 1 aliphatic heterocycles. The molecule has 1 atom stereocenters. The van der Waals surface area contributed by atoms with Gasteiger partial charge in [0, 0.05) is 24.8 Å². The van der Waals surface area contributed by atoms with E-state index in [9.17, 15) is 22.4 Å². The van der Waals surface area contributed by atoms with Gasteiger partial charge in [-0.3, -0.25) is 9.59 Å². The number of carbonyl (C=O) groups excluding carboxylic acids is 2. The zero-order chi connectivity index (χ0) is 20.1. The Balaban J connectivity index is 1.59. The van der Waals surface area contributed by atoms with Crippen LogP contribution in [0.1, 0.15) is 12.8 Å². The fourth-order valence-corrected chi connectivity index (χ4v) is 4.78. The number of carbonyl (C=O) groups is 2. The van der Waals surface area contributed by atoms with Crippen LogP contribution in [0.4, 0.5) is 10.1 Å². The smallest absolute Gasteiger partial charge is 0.313 e. The van der Waals surface area contributed by atoms with E-state index in [4.69, 9.17) is 0 Å². The Morgan fingerprint density at radius 2 is 1.71 bits per heavy atom. The Morgan fingerprint density at radius 1 is 1.04 bits per heavy atom. The van der Waals surface area contributed by atoms with Crippen LogP contribution in [-0.4, -0.2) is 43.7 Å². The van der Waals surface area contributed by atoms with Crippen molar-refractivity contribution in [3.8, 4) is 0 Å². The van der Waals surface area contributed by atoms with Crippen molar-refractivity contribution in [3.05, 3.63) is 60.4 Å². The van der Waals surface area contributed by atoms with Gasteiger partial charge in [0.1, 0.15) is 5.82 Å². The molecule has 0 radical (unpaired) electrons. The molecule has 28 heavy (non-hydrogen) atoms. The molecule has 1 heterocycles. The van der Waals surface area contributed by atoms with Gasteiger partial charge in [0.05, 0.1) is 4.90 Å². The highest BCUT2D eigenvalue weighted by Crippen LogP contribution is 2.25. The summed E-state index contributed by atoms with van der Waals surface area (Å²) in [5, 5.41) is 4.84. The molecule has 7 nitrogen and oxygen atoms in total. The molecular weight excluding hydrogens is 385 g/mol. The number of sulfonamides is 1. The molecule has 0 aliphatic carbocycles. The summed E-state index contributed by atoms with van der Waals surface area (Å²) in [5.74, 6) is -2.24. The lowest BCUT2D eigenvalue weighted by Gasteiger charge is -2.24. The number of halogens is 1. The third-order valence-electron chi connectivity index (χ3n) is 4.48. The number of hydrogen-bond acceptors (Lipinski definition) is 4. The summed E-state index contributed by atoms with van der Waals surface area (Å²) in [4.78, 5) is 24.2. The first kappa shape index (κ1) is 20.0. The monoisotopic (exact) mass is 405 g/mol. The van der Waals surface area contributed by atoms with Crippen LogP contribution in [0.3, 0.4) is 0 Å². The van der Waals surface area contributed by atoms with E-state index in [1.54, 1.807) is 18.2 Å². The van der Waals surface area contributed by atoms with Crippen molar-refractivity contribution >= 4 is 27.5 Å². The van der Waals surface area contributed by atoms with Crippen molar-refractivity contribution in [2.24, 2.45) is 0 Å². The lowest BCUT2D eigenvalue weighted by atomic mass is 10.2. The van der Waals surface area contributed by atoms with E-state index in [0.717, 1.165) is 0 Å². The van der Waals surface area contributed by atoms with Crippen molar-refractivity contribution in [3.63, 3.8) is 0 Å². The predicted molar refractivity (Wildman–Crippen MR) is 101 cm³/mol. The maximum atomic E-state index is 12.9. The topological polar surface area (TPSA) is 95.6 Å². The SMILES string of the molecule is O=C(NCC1CCCN1S(=O)(=O)c1ccccc1)C(=O)Nc1ccc(F)cc1. The normalized spacial score (nSPS) is 17.2. The third kappa shape index (κ3) is 4.55. The number of anilines is 1. The molecule has 0 saturated carbocycles. The summed E-state index contributed by atoms with van der Waals surface area (Å²) >= 11 is 0. The number of benzene rings is 2. The van der Waals surface area contributed by atoms with Crippen molar-refractivity contribution in [2.45, 2.75) is 23.8 Å². The highest BCUT2D eigenvalue weighted by atomic mass is 32.2. The molecule has 2 aromatic carbocycles. The number of nitrogens with zero attached hydrogens (tertiary/aromatic N) is 1. The summed E-state index contributed by atoms with van der Waals surface area (Å²) in [5.41, 5.74) is 0.288. The lowest BCUT2D eigenvalue weighted by molar-refractivity contribution is -0.136. The number of amides is 2. The molecule has 2 N–H and O–H groups in total. The van der Waals surface area contributed by atoms with Crippen molar-refractivity contribution in [1.82, 2.24) is 9.62 Å². The molecule has 0 bridgehead atoms. The fraction of sp³-hybridized carbons (Fsp3) is 0.263. The maximum absolute atomic E-state index is 12.9. The Labute approximate surface area is 162 Å². The van der Waals surface area contributed by atoms with E-state index in [1.165, 1.54) is 40.7 Å². The van der Waals surface area contributed by atoms with E-state index < -0.39 is 33.7 Å². The Kier molecular flexibility index (Phi) is 6.05. The van der Waals surface area contributed by atoms with Crippen molar-refractivity contribution in [2.75, 3.05) is 18.4 Å². The molecule has 1 saturated heterocycles. The molecule has 1 unspecified atom stereocenters. The van der Waals surface area contributed by atoms with E-state index in [0.29, 0.717) is 19.4 Å². The van der Waals surface area contributed by atoms with E-state index in [2.05, 4.69) is 10.6 Å². The zero-order valence-electron chi connectivity index (χ0n) is 15.0. The van der Waals surface area contributed by atoms with Crippen LogP contribution in [0.15, 0.2) is 59.5 Å². The molecular formula is C19H20FN3O4S. The van der Waals surface area contributed by atoms with E-state index in [1.807, 2.05) is 0 Å². The van der Waals surface area contributed by atoms with Crippen LogP contribution >= 0.6 is 0 Å².